The van der Waals surface area contributed by atoms with Crippen LogP contribution in [0, 0.1) is 0 Å². The van der Waals surface area contributed by atoms with Gasteiger partial charge in [-0.05, 0) is 45.7 Å². The van der Waals surface area contributed by atoms with E-state index < -0.39 is 0 Å². The van der Waals surface area contributed by atoms with Gasteiger partial charge in [-0.3, -0.25) is 4.99 Å². The molecule has 0 unspecified atom stereocenters. The largest absolute Gasteiger partial charge is 0.324 e. The molecule has 0 saturated heterocycles. The SMILES string of the molecule is C1=Cc2c(-c3cccc4ccccc34)cccc2N2C[C@H](c3ccccc3)N=C12. The molecule has 2 heterocycles. The molecule has 4 aromatic rings. The van der Waals surface area contributed by atoms with Gasteiger partial charge in [0.25, 0.3) is 0 Å². The Morgan fingerprint density at radius 2 is 1.45 bits per heavy atom. The first-order valence-corrected chi connectivity index (χ1v) is 10.1. The molecule has 2 nitrogen and oxygen atoms in total. The number of hydrogen-bond acceptors (Lipinski definition) is 2. The van der Waals surface area contributed by atoms with Gasteiger partial charge in [-0.2, -0.15) is 0 Å². The molecule has 2 heteroatoms. The van der Waals surface area contributed by atoms with Crippen LogP contribution in [0.25, 0.3) is 28.0 Å². The van der Waals surface area contributed by atoms with Crippen molar-refractivity contribution in [2.75, 3.05) is 11.4 Å². The highest BCUT2D eigenvalue weighted by atomic mass is 15.3. The molecule has 0 bridgehead atoms. The number of amidine groups is 1. The van der Waals surface area contributed by atoms with Crippen molar-refractivity contribution in [1.82, 2.24) is 0 Å². The molecule has 0 radical (unpaired) electrons. The Morgan fingerprint density at radius 1 is 0.690 bits per heavy atom. The van der Waals surface area contributed by atoms with Gasteiger partial charge in [0.2, 0.25) is 0 Å². The Labute approximate surface area is 170 Å². The van der Waals surface area contributed by atoms with Crippen molar-refractivity contribution in [2.45, 2.75) is 6.04 Å². The summed E-state index contributed by atoms with van der Waals surface area (Å²) in [7, 11) is 0. The maximum atomic E-state index is 4.99. The lowest BCUT2D eigenvalue weighted by Gasteiger charge is -2.27. The summed E-state index contributed by atoms with van der Waals surface area (Å²) in [6.45, 7) is 0.885. The molecule has 0 amide bonds. The lowest BCUT2D eigenvalue weighted by molar-refractivity contribution is 0.780. The molecule has 29 heavy (non-hydrogen) atoms. The molecule has 2 aliphatic rings. The zero-order chi connectivity index (χ0) is 19.2. The van der Waals surface area contributed by atoms with Crippen molar-refractivity contribution in [1.29, 1.82) is 0 Å². The summed E-state index contributed by atoms with van der Waals surface area (Å²) in [4.78, 5) is 7.35. The van der Waals surface area contributed by atoms with Gasteiger partial charge in [-0.25, -0.2) is 0 Å². The number of benzene rings is 4. The van der Waals surface area contributed by atoms with Crippen molar-refractivity contribution >= 4 is 28.4 Å². The smallest absolute Gasteiger partial charge is 0.128 e. The van der Waals surface area contributed by atoms with E-state index in [9.17, 15) is 0 Å². The molecule has 0 aromatic heterocycles. The fraction of sp³-hybridized carbons (Fsp3) is 0.0741. The van der Waals surface area contributed by atoms with E-state index in [-0.39, 0.29) is 6.04 Å². The third-order valence-corrected chi connectivity index (χ3v) is 5.96. The van der Waals surface area contributed by atoms with Crippen molar-refractivity contribution in [3.8, 4) is 11.1 Å². The van der Waals surface area contributed by atoms with Crippen LogP contribution in [0.2, 0.25) is 0 Å². The first kappa shape index (κ1) is 16.3. The van der Waals surface area contributed by atoms with Crippen molar-refractivity contribution in [3.63, 3.8) is 0 Å². The van der Waals surface area contributed by atoms with Crippen LogP contribution in [0.1, 0.15) is 17.2 Å². The summed E-state index contributed by atoms with van der Waals surface area (Å²) in [6, 6.07) is 32.6. The van der Waals surface area contributed by atoms with Gasteiger partial charge in [0.05, 0.1) is 18.3 Å². The van der Waals surface area contributed by atoms with Gasteiger partial charge in [-0.15, -0.1) is 0 Å². The summed E-state index contributed by atoms with van der Waals surface area (Å²) in [5, 5.41) is 2.56. The van der Waals surface area contributed by atoms with Gasteiger partial charge in [0.1, 0.15) is 5.84 Å². The summed E-state index contributed by atoms with van der Waals surface area (Å²) in [6.07, 6.45) is 4.40. The second kappa shape index (κ2) is 6.46. The summed E-state index contributed by atoms with van der Waals surface area (Å²) < 4.78 is 0. The van der Waals surface area contributed by atoms with Crippen LogP contribution in [-0.2, 0) is 0 Å². The van der Waals surface area contributed by atoms with Gasteiger partial charge >= 0.3 is 0 Å². The zero-order valence-electron chi connectivity index (χ0n) is 16.0. The van der Waals surface area contributed by atoms with E-state index in [4.69, 9.17) is 4.99 Å². The van der Waals surface area contributed by atoms with Gasteiger partial charge < -0.3 is 4.90 Å². The topological polar surface area (TPSA) is 15.6 Å². The molecule has 0 fully saturated rings. The molecule has 0 N–H and O–H groups in total. The van der Waals surface area contributed by atoms with Crippen LogP contribution in [0.4, 0.5) is 5.69 Å². The third-order valence-electron chi connectivity index (χ3n) is 5.96. The molecule has 1 atom stereocenters. The quantitative estimate of drug-likeness (QED) is 0.392. The molecule has 2 aliphatic heterocycles. The number of aliphatic imine (C=N–C) groups is 1. The highest BCUT2D eigenvalue weighted by Crippen LogP contribution is 2.41. The fourth-order valence-corrected chi connectivity index (χ4v) is 4.56. The van der Waals surface area contributed by atoms with Crippen molar-refractivity contribution in [2.24, 2.45) is 4.99 Å². The van der Waals surface area contributed by atoms with Crippen molar-refractivity contribution < 1.29 is 0 Å². The first-order valence-electron chi connectivity index (χ1n) is 10.1. The second-order valence-corrected chi connectivity index (χ2v) is 7.62. The van der Waals surface area contributed by atoms with E-state index >= 15 is 0 Å². The van der Waals surface area contributed by atoms with E-state index in [0.717, 1.165) is 12.4 Å². The number of nitrogens with zero attached hydrogens (tertiary/aromatic N) is 2. The average molecular weight is 372 g/mol. The lowest BCUT2D eigenvalue weighted by atomic mass is 9.92. The first-order chi connectivity index (χ1) is 14.4. The lowest BCUT2D eigenvalue weighted by Crippen LogP contribution is -2.29. The van der Waals surface area contributed by atoms with Gasteiger partial charge in [0, 0.05) is 5.56 Å². The number of fused-ring (bicyclic) bond motifs is 4. The molecule has 4 aromatic carbocycles. The number of hydrogen-bond donors (Lipinski definition) is 0. The molecule has 0 aliphatic carbocycles. The monoisotopic (exact) mass is 372 g/mol. The van der Waals surface area contributed by atoms with E-state index in [2.05, 4.69) is 108 Å². The second-order valence-electron chi connectivity index (χ2n) is 7.62. The standard InChI is InChI=1S/C27H20N2/c1-2-9-20(10-3-1)25-18-29-26-15-7-14-23(24(26)16-17-27(29)28-25)22-13-6-11-19-8-4-5-12-21(19)22/h1-17,25H,18H2/t25-/m1/s1. The van der Waals surface area contributed by atoms with Crippen LogP contribution in [0.15, 0.2) is 102 Å². The Morgan fingerprint density at radius 3 is 2.38 bits per heavy atom. The minimum Gasteiger partial charge on any atom is -0.324 e. The fourth-order valence-electron chi connectivity index (χ4n) is 4.56. The maximum absolute atomic E-state index is 4.99. The van der Waals surface area contributed by atoms with Crippen LogP contribution in [0.3, 0.4) is 0 Å². The predicted octanol–water partition coefficient (Wildman–Crippen LogP) is 6.49. The Balaban J connectivity index is 1.46. The van der Waals surface area contributed by atoms with E-state index in [1.54, 1.807) is 0 Å². The van der Waals surface area contributed by atoms with Crippen LogP contribution in [0.5, 0.6) is 0 Å². The van der Waals surface area contributed by atoms with E-state index in [1.807, 2.05) is 0 Å². The van der Waals surface area contributed by atoms with E-state index in [1.165, 1.54) is 38.7 Å². The molecular weight excluding hydrogens is 352 g/mol. The number of rotatable bonds is 2. The minimum atomic E-state index is 0.183. The Kier molecular flexibility index (Phi) is 3.63. The Bertz CT molecular complexity index is 1280. The average Bonchev–Trinajstić information content (AvgIpc) is 3.24. The highest BCUT2D eigenvalue weighted by Gasteiger charge is 2.30. The summed E-state index contributed by atoms with van der Waals surface area (Å²) >= 11 is 0. The van der Waals surface area contributed by atoms with Gasteiger partial charge in [0.15, 0.2) is 0 Å². The van der Waals surface area contributed by atoms with Crippen molar-refractivity contribution in [3.05, 3.63) is 108 Å². The normalized spacial score (nSPS) is 17.2. The highest BCUT2D eigenvalue weighted by molar-refractivity contribution is 6.15. The minimum absolute atomic E-state index is 0.183. The van der Waals surface area contributed by atoms with Crippen LogP contribution in [-0.4, -0.2) is 12.4 Å². The predicted molar refractivity (Wildman–Crippen MR) is 122 cm³/mol. The molecular formula is C27H20N2. The summed E-state index contributed by atoms with van der Waals surface area (Å²) in [5.41, 5.74) is 6.35. The molecule has 6 rings (SSSR count). The zero-order valence-corrected chi connectivity index (χ0v) is 16.0. The third kappa shape index (κ3) is 2.60. The van der Waals surface area contributed by atoms with Crippen LogP contribution >= 0.6 is 0 Å². The van der Waals surface area contributed by atoms with Gasteiger partial charge in [-0.1, -0.05) is 84.9 Å². The number of anilines is 1. The molecule has 0 saturated carbocycles. The maximum Gasteiger partial charge on any atom is 0.128 e. The van der Waals surface area contributed by atoms with E-state index in [0.29, 0.717) is 0 Å². The van der Waals surface area contributed by atoms with Crippen LogP contribution < -0.4 is 4.90 Å². The molecule has 138 valence electrons. The summed E-state index contributed by atoms with van der Waals surface area (Å²) in [5.74, 6) is 1.06. The Hall–Kier alpha value is -3.65. The molecule has 0 spiro atoms.